The zero-order valence-electron chi connectivity index (χ0n) is 13.0. The lowest BCUT2D eigenvalue weighted by atomic mass is 10.1. The van der Waals surface area contributed by atoms with Gasteiger partial charge in [0, 0.05) is 16.3 Å². The number of nitrogens with one attached hydrogen (secondary N) is 1. The molecule has 0 saturated carbocycles. The van der Waals surface area contributed by atoms with Gasteiger partial charge in [0.25, 0.3) is 0 Å². The average molecular weight is 352 g/mol. The van der Waals surface area contributed by atoms with Crippen molar-refractivity contribution in [2.45, 2.75) is 26.2 Å². The van der Waals surface area contributed by atoms with Gasteiger partial charge in [0.15, 0.2) is 0 Å². The zero-order valence-corrected chi connectivity index (χ0v) is 14.6. The molecule has 1 heterocycles. The summed E-state index contributed by atoms with van der Waals surface area (Å²) in [6.07, 6.45) is 1.92. The number of hydrogen-bond donors (Lipinski definition) is 1. The van der Waals surface area contributed by atoms with Crippen molar-refractivity contribution in [2.24, 2.45) is 0 Å². The molecule has 2 aromatic rings. The van der Waals surface area contributed by atoms with E-state index in [1.807, 2.05) is 31.2 Å². The number of halogens is 1. The molecule has 0 fully saturated rings. The molecule has 4 nitrogen and oxygen atoms in total. The Morgan fingerprint density at radius 3 is 2.61 bits per heavy atom. The number of rotatable bonds is 6. The Bertz CT molecular complexity index is 694. The number of ether oxygens (including phenoxy) is 1. The second-order valence-electron chi connectivity index (χ2n) is 5.12. The number of esters is 1. The second-order valence-corrected chi connectivity index (χ2v) is 6.81. The Balaban J connectivity index is 1.87. The van der Waals surface area contributed by atoms with Gasteiger partial charge in [-0.25, -0.2) is 4.79 Å². The summed E-state index contributed by atoms with van der Waals surface area (Å²) < 4.78 is 4.73. The molecule has 0 saturated heterocycles. The van der Waals surface area contributed by atoms with E-state index >= 15 is 0 Å². The first-order chi connectivity index (χ1) is 11.0. The van der Waals surface area contributed by atoms with E-state index in [4.69, 9.17) is 16.3 Å². The summed E-state index contributed by atoms with van der Waals surface area (Å²) in [5.41, 5.74) is 1.55. The smallest absolute Gasteiger partial charge is 0.340 e. The molecule has 0 spiro atoms. The fourth-order valence-electron chi connectivity index (χ4n) is 2.16. The maximum atomic E-state index is 12.1. The monoisotopic (exact) mass is 351 g/mol. The van der Waals surface area contributed by atoms with E-state index in [2.05, 4.69) is 5.32 Å². The maximum Gasteiger partial charge on any atom is 0.340 e. The van der Waals surface area contributed by atoms with E-state index in [9.17, 15) is 9.59 Å². The predicted molar refractivity (Wildman–Crippen MR) is 93.4 cm³/mol. The van der Waals surface area contributed by atoms with Gasteiger partial charge >= 0.3 is 5.97 Å². The SMILES string of the molecule is COC(=O)c1cc(C)sc1NC(=O)CCCc1ccc(Cl)cc1. The van der Waals surface area contributed by atoms with Crippen LogP contribution in [0.1, 0.15) is 33.6 Å². The lowest BCUT2D eigenvalue weighted by Crippen LogP contribution is -2.13. The van der Waals surface area contributed by atoms with Gasteiger partial charge < -0.3 is 10.1 Å². The highest BCUT2D eigenvalue weighted by Crippen LogP contribution is 2.28. The van der Waals surface area contributed by atoms with E-state index < -0.39 is 5.97 Å². The van der Waals surface area contributed by atoms with E-state index in [0.717, 1.165) is 23.3 Å². The van der Waals surface area contributed by atoms with Gasteiger partial charge in [0.1, 0.15) is 5.00 Å². The average Bonchev–Trinajstić information content (AvgIpc) is 2.89. The Kier molecular flexibility index (Phi) is 6.19. The van der Waals surface area contributed by atoms with Crippen molar-refractivity contribution in [1.82, 2.24) is 0 Å². The third-order valence-electron chi connectivity index (χ3n) is 3.30. The Morgan fingerprint density at radius 1 is 1.26 bits per heavy atom. The molecule has 1 aromatic heterocycles. The van der Waals surface area contributed by atoms with Gasteiger partial charge in [-0.1, -0.05) is 23.7 Å². The van der Waals surface area contributed by atoms with Gasteiger partial charge in [-0.15, -0.1) is 11.3 Å². The summed E-state index contributed by atoms with van der Waals surface area (Å²) in [5.74, 6) is -0.545. The van der Waals surface area contributed by atoms with Crippen LogP contribution in [-0.2, 0) is 16.0 Å². The number of benzene rings is 1. The lowest BCUT2D eigenvalue weighted by Gasteiger charge is -2.05. The quantitative estimate of drug-likeness (QED) is 0.782. The van der Waals surface area contributed by atoms with Crippen molar-refractivity contribution >= 4 is 39.8 Å². The van der Waals surface area contributed by atoms with E-state index in [1.54, 1.807) is 6.07 Å². The van der Waals surface area contributed by atoms with Crippen molar-refractivity contribution in [3.05, 3.63) is 51.4 Å². The molecule has 1 N–H and O–H groups in total. The van der Waals surface area contributed by atoms with Crippen LogP contribution in [0.3, 0.4) is 0 Å². The molecule has 0 bridgehead atoms. The van der Waals surface area contributed by atoms with Crippen LogP contribution in [-0.4, -0.2) is 19.0 Å². The zero-order chi connectivity index (χ0) is 16.8. The largest absolute Gasteiger partial charge is 0.465 e. The van der Waals surface area contributed by atoms with E-state index in [0.29, 0.717) is 22.0 Å². The van der Waals surface area contributed by atoms with E-state index in [1.165, 1.54) is 18.4 Å². The van der Waals surface area contributed by atoms with Crippen molar-refractivity contribution in [1.29, 1.82) is 0 Å². The van der Waals surface area contributed by atoms with Gasteiger partial charge in [0.2, 0.25) is 5.91 Å². The minimum absolute atomic E-state index is 0.106. The summed E-state index contributed by atoms with van der Waals surface area (Å²) in [7, 11) is 1.33. The number of hydrogen-bond acceptors (Lipinski definition) is 4. The van der Waals surface area contributed by atoms with Crippen LogP contribution in [0, 0.1) is 6.92 Å². The normalized spacial score (nSPS) is 10.4. The highest BCUT2D eigenvalue weighted by atomic mass is 35.5. The fourth-order valence-corrected chi connectivity index (χ4v) is 3.20. The van der Waals surface area contributed by atoms with E-state index in [-0.39, 0.29) is 5.91 Å². The predicted octanol–water partition coefficient (Wildman–Crippen LogP) is 4.46. The van der Waals surface area contributed by atoms with Gasteiger partial charge in [-0.05, 0) is 43.5 Å². The van der Waals surface area contributed by atoms with Crippen LogP contribution in [0.5, 0.6) is 0 Å². The molecule has 122 valence electrons. The number of carbonyl (C=O) groups excluding carboxylic acids is 2. The molecule has 0 aliphatic rings. The van der Waals surface area contributed by atoms with Crippen LogP contribution in [0.2, 0.25) is 5.02 Å². The van der Waals surface area contributed by atoms with Crippen molar-refractivity contribution < 1.29 is 14.3 Å². The number of anilines is 1. The molecule has 1 amide bonds. The third kappa shape index (κ3) is 5.08. The first-order valence-corrected chi connectivity index (χ1v) is 8.42. The molecule has 0 aliphatic heterocycles. The number of aryl methyl sites for hydroxylation is 2. The van der Waals surface area contributed by atoms with Crippen LogP contribution < -0.4 is 5.32 Å². The molecule has 0 atom stereocenters. The minimum Gasteiger partial charge on any atom is -0.465 e. The fraction of sp³-hybridized carbons (Fsp3) is 0.294. The first kappa shape index (κ1) is 17.5. The molecule has 1 aromatic carbocycles. The molecule has 0 unspecified atom stereocenters. The maximum absolute atomic E-state index is 12.1. The third-order valence-corrected chi connectivity index (χ3v) is 4.51. The van der Waals surface area contributed by atoms with Crippen molar-refractivity contribution in [3.8, 4) is 0 Å². The summed E-state index contributed by atoms with van der Waals surface area (Å²) in [6, 6.07) is 9.32. The molecule has 0 aliphatic carbocycles. The van der Waals surface area contributed by atoms with Crippen LogP contribution in [0.4, 0.5) is 5.00 Å². The van der Waals surface area contributed by atoms with Crippen molar-refractivity contribution in [2.75, 3.05) is 12.4 Å². The summed E-state index contributed by atoms with van der Waals surface area (Å²) >= 11 is 7.21. The summed E-state index contributed by atoms with van der Waals surface area (Å²) in [5, 5.41) is 4.05. The number of carbonyl (C=O) groups is 2. The highest BCUT2D eigenvalue weighted by molar-refractivity contribution is 7.16. The summed E-state index contributed by atoms with van der Waals surface area (Å²) in [4.78, 5) is 24.7. The highest BCUT2D eigenvalue weighted by Gasteiger charge is 2.17. The molecule has 2 rings (SSSR count). The molecule has 23 heavy (non-hydrogen) atoms. The molecule has 0 radical (unpaired) electrons. The molecular weight excluding hydrogens is 334 g/mol. The van der Waals surface area contributed by atoms with Crippen LogP contribution >= 0.6 is 22.9 Å². The van der Waals surface area contributed by atoms with Gasteiger partial charge in [-0.2, -0.15) is 0 Å². The van der Waals surface area contributed by atoms with Crippen molar-refractivity contribution in [3.63, 3.8) is 0 Å². The Labute approximate surface area is 144 Å². The first-order valence-electron chi connectivity index (χ1n) is 7.22. The lowest BCUT2D eigenvalue weighted by molar-refractivity contribution is -0.116. The topological polar surface area (TPSA) is 55.4 Å². The molecular formula is C17H18ClNO3S. The number of methoxy groups -OCH3 is 1. The second kappa shape index (κ2) is 8.13. The number of amides is 1. The Hall–Kier alpha value is -1.85. The standard InChI is InChI=1S/C17H18ClNO3S/c1-11-10-14(17(21)22-2)16(23-11)19-15(20)5-3-4-12-6-8-13(18)9-7-12/h6-10H,3-5H2,1-2H3,(H,19,20). The molecule has 6 heteroatoms. The number of thiophene rings is 1. The van der Waals surface area contributed by atoms with Gasteiger partial charge in [-0.3, -0.25) is 4.79 Å². The van der Waals surface area contributed by atoms with Crippen LogP contribution in [0.15, 0.2) is 30.3 Å². The minimum atomic E-state index is -0.439. The Morgan fingerprint density at radius 2 is 1.96 bits per heavy atom. The van der Waals surface area contributed by atoms with Gasteiger partial charge in [0.05, 0.1) is 12.7 Å². The van der Waals surface area contributed by atoms with Crippen LogP contribution in [0.25, 0.3) is 0 Å². The summed E-state index contributed by atoms with van der Waals surface area (Å²) in [6.45, 7) is 1.88.